The Morgan fingerprint density at radius 2 is 1.61 bits per heavy atom. The van der Waals surface area contributed by atoms with Crippen LogP contribution >= 0.6 is 0 Å². The van der Waals surface area contributed by atoms with Gasteiger partial charge in [0.05, 0.1) is 32.2 Å². The zero-order chi connectivity index (χ0) is 23.4. The first-order chi connectivity index (χ1) is 16.0. The average molecular weight is 447 g/mol. The van der Waals surface area contributed by atoms with Gasteiger partial charge in [-0.25, -0.2) is 4.98 Å². The summed E-state index contributed by atoms with van der Waals surface area (Å²) >= 11 is 0. The quantitative estimate of drug-likeness (QED) is 0.323. The van der Waals surface area contributed by atoms with Crippen LogP contribution < -0.4 is 9.47 Å². The maximum absolute atomic E-state index is 13.1. The van der Waals surface area contributed by atoms with Gasteiger partial charge >= 0.3 is 0 Å². The lowest BCUT2D eigenvalue weighted by atomic mass is 9.95. The summed E-state index contributed by atoms with van der Waals surface area (Å²) < 4.78 is 12.3. The van der Waals surface area contributed by atoms with E-state index in [-0.39, 0.29) is 11.3 Å². The number of carbonyl (C=O) groups excluding carboxylic acids is 2. The van der Waals surface area contributed by atoms with Crippen LogP contribution in [0.2, 0.25) is 0 Å². The smallest absolute Gasteiger partial charge is 0.295 e. The number of aromatic nitrogens is 2. The number of aryl methyl sites for hydroxylation is 1. The number of ketones is 1. The van der Waals surface area contributed by atoms with Crippen LogP contribution in [0.15, 0.2) is 72.8 Å². The molecule has 1 atom stereocenters. The van der Waals surface area contributed by atoms with E-state index in [4.69, 9.17) is 9.47 Å². The second-order valence-electron chi connectivity index (χ2n) is 7.65. The minimum Gasteiger partial charge on any atom is -0.507 e. The Bertz CT molecular complexity index is 1150. The molecule has 1 fully saturated rings. The Balaban J connectivity index is 1.72. The Morgan fingerprint density at radius 3 is 2.18 bits per heavy atom. The van der Waals surface area contributed by atoms with E-state index in [1.807, 2.05) is 10.8 Å². The van der Waals surface area contributed by atoms with E-state index in [1.54, 1.807) is 75.3 Å². The number of likely N-dealkylation sites (tertiary alicyclic amines) is 1. The van der Waals surface area contributed by atoms with Crippen LogP contribution in [0, 0.1) is 0 Å². The van der Waals surface area contributed by atoms with Crippen molar-refractivity contribution >= 4 is 17.4 Å². The molecule has 8 nitrogen and oxygen atoms in total. The number of hydrogen-bond acceptors (Lipinski definition) is 6. The van der Waals surface area contributed by atoms with Gasteiger partial charge in [-0.15, -0.1) is 0 Å². The number of benzene rings is 2. The lowest BCUT2D eigenvalue weighted by Crippen LogP contribution is -2.31. The molecule has 0 saturated carbocycles. The van der Waals surface area contributed by atoms with E-state index in [2.05, 4.69) is 4.98 Å². The number of Topliss-reactive ketones (excluding diaryl/α,β-unsaturated/α-hetero) is 1. The van der Waals surface area contributed by atoms with Crippen LogP contribution in [-0.2, 0) is 16.1 Å². The minimum atomic E-state index is -0.708. The number of imidazole rings is 1. The maximum atomic E-state index is 13.1. The second kappa shape index (κ2) is 9.60. The lowest BCUT2D eigenvalue weighted by molar-refractivity contribution is -0.139. The fourth-order valence-corrected chi connectivity index (χ4v) is 3.99. The van der Waals surface area contributed by atoms with Crippen molar-refractivity contribution in [2.75, 3.05) is 20.8 Å². The molecule has 1 N–H and O–H groups in total. The summed E-state index contributed by atoms with van der Waals surface area (Å²) in [5.41, 5.74) is 1.22. The van der Waals surface area contributed by atoms with Gasteiger partial charge in [-0.3, -0.25) is 9.59 Å². The summed E-state index contributed by atoms with van der Waals surface area (Å²) in [6, 6.07) is 13.1. The van der Waals surface area contributed by atoms with Crippen molar-refractivity contribution in [1.82, 2.24) is 14.5 Å². The molecule has 0 aliphatic carbocycles. The molecule has 1 aliphatic heterocycles. The molecule has 33 heavy (non-hydrogen) atoms. The summed E-state index contributed by atoms with van der Waals surface area (Å²) in [5.74, 6) is -0.263. The SMILES string of the molecule is COc1ccc(C(O)=C2C(=O)C(=O)N(CCCn3ccnc3)[C@H]2c2ccc(OC)cc2)cc1. The number of amides is 1. The van der Waals surface area contributed by atoms with Crippen molar-refractivity contribution in [3.63, 3.8) is 0 Å². The fourth-order valence-electron chi connectivity index (χ4n) is 3.99. The van der Waals surface area contributed by atoms with Crippen LogP contribution in [0.5, 0.6) is 11.5 Å². The number of carbonyl (C=O) groups is 2. The number of ether oxygens (including phenoxy) is 2. The highest BCUT2D eigenvalue weighted by Gasteiger charge is 2.45. The van der Waals surface area contributed by atoms with E-state index in [9.17, 15) is 14.7 Å². The van der Waals surface area contributed by atoms with Crippen molar-refractivity contribution in [2.45, 2.75) is 19.0 Å². The molecule has 8 heteroatoms. The van der Waals surface area contributed by atoms with E-state index in [0.29, 0.717) is 42.1 Å². The van der Waals surface area contributed by atoms with Crippen LogP contribution in [0.4, 0.5) is 0 Å². The summed E-state index contributed by atoms with van der Waals surface area (Å²) in [5, 5.41) is 11.1. The number of rotatable bonds is 8. The van der Waals surface area contributed by atoms with Crippen LogP contribution in [0.3, 0.4) is 0 Å². The van der Waals surface area contributed by atoms with Crippen molar-refractivity contribution in [2.24, 2.45) is 0 Å². The fraction of sp³-hybridized carbons (Fsp3) is 0.240. The second-order valence-corrected chi connectivity index (χ2v) is 7.65. The van der Waals surface area contributed by atoms with Crippen LogP contribution in [-0.4, -0.2) is 52.0 Å². The normalized spacial score (nSPS) is 17.4. The van der Waals surface area contributed by atoms with Crippen molar-refractivity contribution in [3.05, 3.63) is 84.0 Å². The van der Waals surface area contributed by atoms with E-state index in [0.717, 1.165) is 0 Å². The molecule has 3 aromatic rings. The zero-order valence-corrected chi connectivity index (χ0v) is 18.5. The van der Waals surface area contributed by atoms with Gasteiger partial charge in [0.15, 0.2) is 0 Å². The van der Waals surface area contributed by atoms with Gasteiger partial charge in [0.1, 0.15) is 17.3 Å². The van der Waals surface area contributed by atoms with Gasteiger partial charge < -0.3 is 24.0 Å². The highest BCUT2D eigenvalue weighted by molar-refractivity contribution is 6.46. The van der Waals surface area contributed by atoms with E-state index >= 15 is 0 Å². The first kappa shape index (κ1) is 22.1. The topological polar surface area (TPSA) is 93.9 Å². The largest absolute Gasteiger partial charge is 0.507 e. The number of hydrogen-bond donors (Lipinski definition) is 1. The molecule has 2 heterocycles. The highest BCUT2D eigenvalue weighted by Crippen LogP contribution is 2.40. The van der Waals surface area contributed by atoms with Crippen molar-refractivity contribution < 1.29 is 24.2 Å². The molecular weight excluding hydrogens is 422 g/mol. The molecule has 0 radical (unpaired) electrons. The lowest BCUT2D eigenvalue weighted by Gasteiger charge is -2.25. The molecule has 170 valence electrons. The Hall–Kier alpha value is -4.07. The molecule has 0 unspecified atom stereocenters. The van der Waals surface area contributed by atoms with Crippen molar-refractivity contribution in [1.29, 1.82) is 0 Å². The highest BCUT2D eigenvalue weighted by atomic mass is 16.5. The van der Waals surface area contributed by atoms with Gasteiger partial charge in [-0.05, 0) is 48.4 Å². The number of aliphatic hydroxyl groups is 1. The third-order valence-corrected chi connectivity index (χ3v) is 5.71. The van der Waals surface area contributed by atoms with Gasteiger partial charge in [-0.1, -0.05) is 12.1 Å². The first-order valence-electron chi connectivity index (χ1n) is 10.6. The zero-order valence-electron chi connectivity index (χ0n) is 18.5. The molecule has 0 spiro atoms. The van der Waals surface area contributed by atoms with Crippen LogP contribution in [0.25, 0.3) is 5.76 Å². The first-order valence-corrected chi connectivity index (χ1v) is 10.6. The number of aliphatic hydroxyl groups excluding tert-OH is 1. The van der Waals surface area contributed by atoms with E-state index < -0.39 is 17.7 Å². The molecule has 1 aromatic heterocycles. The van der Waals surface area contributed by atoms with Gasteiger partial charge in [0.25, 0.3) is 11.7 Å². The third-order valence-electron chi connectivity index (χ3n) is 5.71. The Morgan fingerprint density at radius 1 is 0.970 bits per heavy atom. The van der Waals surface area contributed by atoms with Gasteiger partial charge in [-0.2, -0.15) is 0 Å². The molecule has 2 aromatic carbocycles. The third kappa shape index (κ3) is 4.45. The number of methoxy groups -OCH3 is 2. The van der Waals surface area contributed by atoms with Crippen molar-refractivity contribution in [3.8, 4) is 11.5 Å². The molecule has 1 saturated heterocycles. The van der Waals surface area contributed by atoms with Crippen LogP contribution in [0.1, 0.15) is 23.6 Å². The summed E-state index contributed by atoms with van der Waals surface area (Å²) in [7, 11) is 3.12. The average Bonchev–Trinajstić information content (AvgIpc) is 3.46. The molecule has 1 amide bonds. The monoisotopic (exact) mass is 447 g/mol. The Kier molecular flexibility index (Phi) is 6.44. The minimum absolute atomic E-state index is 0.0676. The van der Waals surface area contributed by atoms with E-state index in [1.165, 1.54) is 4.90 Å². The van der Waals surface area contributed by atoms with Gasteiger partial charge in [0, 0.05) is 31.0 Å². The van der Waals surface area contributed by atoms with Gasteiger partial charge in [0.2, 0.25) is 0 Å². The predicted molar refractivity (Wildman–Crippen MR) is 122 cm³/mol. The maximum Gasteiger partial charge on any atom is 0.295 e. The Labute approximate surface area is 191 Å². The summed E-state index contributed by atoms with van der Waals surface area (Å²) in [4.78, 5) is 31.6. The predicted octanol–water partition coefficient (Wildman–Crippen LogP) is 3.41. The molecular formula is C25H25N3O5. The summed E-state index contributed by atoms with van der Waals surface area (Å²) in [6.07, 6.45) is 5.87. The standard InChI is InChI=1S/C25H25N3O5/c1-32-19-8-4-17(5-9-19)22-21(23(29)18-6-10-20(33-2)11-7-18)24(30)25(31)28(22)14-3-13-27-15-12-26-16-27/h4-12,15-16,22,29H,3,13-14H2,1-2H3/t22-/m0/s1. The summed E-state index contributed by atoms with van der Waals surface area (Å²) in [6.45, 7) is 0.996. The molecule has 1 aliphatic rings. The molecule has 4 rings (SSSR count). The molecule has 0 bridgehead atoms. The number of nitrogens with zero attached hydrogens (tertiary/aromatic N) is 3.